The molecule has 0 aromatic heterocycles. The van der Waals surface area contributed by atoms with Gasteiger partial charge in [0.05, 0.1) is 11.0 Å². The first-order valence-corrected chi connectivity index (χ1v) is 1.93. The minimum Gasteiger partial charge on any atom is -0.267 e. The molecular weight excluding hydrogens is 112 g/mol. The molecule has 0 saturated heterocycles. The smallest absolute Gasteiger partial charge is 0.267 e. The van der Waals surface area contributed by atoms with Gasteiger partial charge in [-0.25, -0.2) is 0 Å². The maximum Gasteiger partial charge on any atom is 0.363 e. The highest BCUT2D eigenvalue weighted by molar-refractivity contribution is 4.75. The molecule has 1 radical (unpaired) electrons. The normalized spacial score (nSPS) is 25.2. The Morgan fingerprint density at radius 3 is 3.00 bits per heavy atom. The predicted molar refractivity (Wildman–Crippen MR) is 22.8 cm³/mol. The lowest BCUT2D eigenvalue weighted by Gasteiger charge is -1.94. The van der Waals surface area contributed by atoms with Crippen molar-refractivity contribution in [1.82, 2.24) is 5.48 Å². The van der Waals surface area contributed by atoms with Crippen molar-refractivity contribution in [3.8, 4) is 0 Å². The van der Waals surface area contributed by atoms with Gasteiger partial charge in [-0.15, -0.1) is 0 Å². The summed E-state index contributed by atoms with van der Waals surface area (Å²) in [5.41, 5.74) is 2.18. The molecule has 0 aromatic rings. The summed E-state index contributed by atoms with van der Waals surface area (Å²) >= 11 is 0. The van der Waals surface area contributed by atoms with Crippen LogP contribution in [-0.4, -0.2) is 11.2 Å². The van der Waals surface area contributed by atoms with Crippen LogP contribution >= 0.6 is 0 Å². The molecule has 1 unspecified atom stereocenters. The average molecular weight is 115 g/mol. The molecule has 0 aromatic carbocycles. The number of hydrogen-bond acceptors (Lipinski definition) is 4. The first kappa shape index (κ1) is 5.04. The van der Waals surface area contributed by atoms with Crippen LogP contribution in [0.1, 0.15) is 0 Å². The zero-order valence-electron chi connectivity index (χ0n) is 3.83. The molecular formula is C3H3N2O3. The molecule has 0 saturated carbocycles. The van der Waals surface area contributed by atoms with Gasteiger partial charge in [-0.1, -0.05) is 0 Å². The minimum absolute atomic E-state index is 0.587. The van der Waals surface area contributed by atoms with Crippen LogP contribution in [0.15, 0.2) is 6.20 Å². The zero-order valence-corrected chi connectivity index (χ0v) is 3.83. The van der Waals surface area contributed by atoms with E-state index in [0.29, 0.717) is 0 Å². The molecule has 0 fully saturated rings. The summed E-state index contributed by atoms with van der Waals surface area (Å²) in [4.78, 5) is 13.5. The molecule has 1 rings (SSSR count). The van der Waals surface area contributed by atoms with Crippen LogP contribution in [-0.2, 0) is 4.84 Å². The van der Waals surface area contributed by atoms with E-state index >= 15 is 0 Å². The third-order valence-corrected chi connectivity index (χ3v) is 0.656. The highest BCUT2D eigenvalue weighted by Gasteiger charge is 2.20. The number of nitrogens with one attached hydrogen (secondary N) is 1. The van der Waals surface area contributed by atoms with Crippen LogP contribution in [0.2, 0.25) is 0 Å². The SMILES string of the molecule is O=[N+]([O-])C1[C]=CNO1. The first-order valence-electron chi connectivity index (χ1n) is 1.93. The molecule has 5 nitrogen and oxygen atoms in total. The van der Waals surface area contributed by atoms with E-state index in [9.17, 15) is 10.1 Å². The second-order valence-corrected chi connectivity index (χ2v) is 1.18. The molecule has 1 N–H and O–H groups in total. The first-order chi connectivity index (χ1) is 3.80. The number of nitro groups is 1. The van der Waals surface area contributed by atoms with Gasteiger partial charge in [0.1, 0.15) is 0 Å². The highest BCUT2D eigenvalue weighted by atomic mass is 16.7. The summed E-state index contributed by atoms with van der Waals surface area (Å²) in [7, 11) is 0. The maximum absolute atomic E-state index is 9.76. The molecule has 8 heavy (non-hydrogen) atoms. The van der Waals surface area contributed by atoms with E-state index in [1.807, 2.05) is 0 Å². The summed E-state index contributed by atoms with van der Waals surface area (Å²) in [6.07, 6.45) is 2.43. The molecule has 1 heterocycles. The molecule has 0 bridgehead atoms. The Morgan fingerprint density at radius 2 is 2.75 bits per heavy atom. The van der Waals surface area contributed by atoms with Crippen molar-refractivity contribution in [3.05, 3.63) is 22.4 Å². The third-order valence-electron chi connectivity index (χ3n) is 0.656. The predicted octanol–water partition coefficient (Wildman–Crippen LogP) is -0.559. The van der Waals surface area contributed by atoms with E-state index in [0.717, 1.165) is 0 Å². The van der Waals surface area contributed by atoms with Crippen LogP contribution in [0.3, 0.4) is 0 Å². The van der Waals surface area contributed by atoms with Gasteiger partial charge in [-0.05, 0) is 0 Å². The lowest BCUT2D eigenvalue weighted by atomic mass is 10.6. The highest BCUT2D eigenvalue weighted by Crippen LogP contribution is 1.95. The van der Waals surface area contributed by atoms with Crippen molar-refractivity contribution >= 4 is 0 Å². The number of hydroxylamine groups is 1. The fraction of sp³-hybridized carbons (Fsp3) is 0.333. The van der Waals surface area contributed by atoms with E-state index in [4.69, 9.17) is 0 Å². The Kier molecular flexibility index (Phi) is 1.13. The Balaban J connectivity index is 2.48. The lowest BCUT2D eigenvalue weighted by molar-refractivity contribution is -0.564. The van der Waals surface area contributed by atoms with Crippen LogP contribution in [0.25, 0.3) is 0 Å². The summed E-state index contributed by atoms with van der Waals surface area (Å²) in [5, 5.41) is 9.76. The van der Waals surface area contributed by atoms with Gasteiger partial charge in [-0.3, -0.25) is 15.6 Å². The Labute approximate surface area is 45.0 Å². The lowest BCUT2D eigenvalue weighted by Crippen LogP contribution is -2.20. The number of nitrogens with zero attached hydrogens (tertiary/aromatic N) is 1. The van der Waals surface area contributed by atoms with Gasteiger partial charge in [0, 0.05) is 6.20 Å². The van der Waals surface area contributed by atoms with Crippen molar-refractivity contribution in [3.63, 3.8) is 0 Å². The fourth-order valence-electron chi connectivity index (χ4n) is 0.342. The van der Waals surface area contributed by atoms with Crippen LogP contribution in [0.5, 0.6) is 0 Å². The average Bonchev–Trinajstić information content (AvgIpc) is 2.12. The topological polar surface area (TPSA) is 64.4 Å². The van der Waals surface area contributed by atoms with Crippen LogP contribution < -0.4 is 5.48 Å². The Bertz CT molecular complexity index is 132. The van der Waals surface area contributed by atoms with E-state index in [2.05, 4.69) is 16.4 Å². The van der Waals surface area contributed by atoms with Crippen molar-refractivity contribution in [2.45, 2.75) is 6.23 Å². The Hall–Kier alpha value is -1.10. The van der Waals surface area contributed by atoms with E-state index < -0.39 is 11.2 Å². The van der Waals surface area contributed by atoms with E-state index in [1.54, 1.807) is 0 Å². The van der Waals surface area contributed by atoms with Gasteiger partial charge in [0.25, 0.3) is 0 Å². The second kappa shape index (κ2) is 1.79. The van der Waals surface area contributed by atoms with Gasteiger partial charge in [0.15, 0.2) is 0 Å². The molecule has 0 amide bonds. The zero-order chi connectivity index (χ0) is 5.98. The summed E-state index contributed by atoms with van der Waals surface area (Å²) in [5.74, 6) is 0. The fourth-order valence-corrected chi connectivity index (χ4v) is 0.342. The molecule has 0 aliphatic carbocycles. The van der Waals surface area contributed by atoms with E-state index in [1.165, 1.54) is 6.20 Å². The van der Waals surface area contributed by atoms with E-state index in [-0.39, 0.29) is 0 Å². The maximum atomic E-state index is 9.76. The van der Waals surface area contributed by atoms with Crippen LogP contribution in [0, 0.1) is 16.2 Å². The van der Waals surface area contributed by atoms with Crippen LogP contribution in [0.4, 0.5) is 0 Å². The molecule has 0 spiro atoms. The van der Waals surface area contributed by atoms with Crippen molar-refractivity contribution in [1.29, 1.82) is 0 Å². The Morgan fingerprint density at radius 1 is 2.00 bits per heavy atom. The number of rotatable bonds is 1. The quantitative estimate of drug-likeness (QED) is 0.367. The molecule has 1 aliphatic heterocycles. The number of hydrogen-bond donors (Lipinski definition) is 1. The van der Waals surface area contributed by atoms with Gasteiger partial charge in [0.2, 0.25) is 0 Å². The van der Waals surface area contributed by atoms with Crippen molar-refractivity contribution in [2.75, 3.05) is 0 Å². The molecule has 43 valence electrons. The van der Waals surface area contributed by atoms with Crippen molar-refractivity contribution in [2.24, 2.45) is 0 Å². The largest absolute Gasteiger partial charge is 0.363 e. The minimum atomic E-state index is -1.13. The summed E-state index contributed by atoms with van der Waals surface area (Å²) in [6, 6.07) is 0. The van der Waals surface area contributed by atoms with Gasteiger partial charge in [-0.2, -0.15) is 4.84 Å². The van der Waals surface area contributed by atoms with Gasteiger partial charge < -0.3 is 0 Å². The monoisotopic (exact) mass is 115 g/mol. The third kappa shape index (κ3) is 0.760. The molecule has 1 atom stereocenters. The molecule has 1 aliphatic rings. The van der Waals surface area contributed by atoms with Crippen molar-refractivity contribution < 1.29 is 9.76 Å². The molecule has 5 heteroatoms. The van der Waals surface area contributed by atoms with Gasteiger partial charge >= 0.3 is 6.23 Å². The summed E-state index contributed by atoms with van der Waals surface area (Å²) in [6.45, 7) is 0. The standard InChI is InChI=1S/C3H3N2O3/c6-5(7)3-1-2-4-8-3/h2-4H. The second-order valence-electron chi connectivity index (χ2n) is 1.18. The summed E-state index contributed by atoms with van der Waals surface area (Å²) < 4.78 is 0.